The molecule has 0 radical (unpaired) electrons. The number of benzene rings is 3. The molecule has 0 aliphatic carbocycles. The molecule has 0 aliphatic rings. The number of hydrogen-bond donors (Lipinski definition) is 1. The molecular weight excluding hydrogens is 286 g/mol. The Hall–Kier alpha value is -2.81. The molecule has 0 spiro atoms. The van der Waals surface area contributed by atoms with Crippen molar-refractivity contribution in [2.24, 2.45) is 4.99 Å². The first kappa shape index (κ1) is 15.1. The third kappa shape index (κ3) is 3.19. The molecule has 3 aromatic rings. The molecule has 3 heteroatoms. The van der Waals surface area contributed by atoms with Gasteiger partial charge in [0, 0.05) is 11.8 Å². The van der Waals surface area contributed by atoms with E-state index in [4.69, 9.17) is 4.74 Å². The van der Waals surface area contributed by atoms with E-state index in [2.05, 4.69) is 4.99 Å². The minimum absolute atomic E-state index is 0.000672. The van der Waals surface area contributed by atoms with E-state index in [1.165, 1.54) is 0 Å². The van der Waals surface area contributed by atoms with E-state index in [-0.39, 0.29) is 11.8 Å². The Kier molecular flexibility index (Phi) is 4.29. The monoisotopic (exact) mass is 305 g/mol. The Morgan fingerprint density at radius 3 is 2.48 bits per heavy atom. The zero-order valence-corrected chi connectivity index (χ0v) is 13.2. The van der Waals surface area contributed by atoms with Crippen LogP contribution in [-0.4, -0.2) is 18.4 Å². The molecule has 0 aromatic heterocycles. The summed E-state index contributed by atoms with van der Waals surface area (Å²) >= 11 is 0. The molecule has 116 valence electrons. The smallest absolute Gasteiger partial charge is 0.124 e. The Balaban J connectivity index is 1.91. The normalized spacial score (nSPS) is 12.6. The summed E-state index contributed by atoms with van der Waals surface area (Å²) in [7, 11) is 1.65. The van der Waals surface area contributed by atoms with Crippen LogP contribution in [0.1, 0.15) is 24.1 Å². The number of phenolic OH excluding ortho intramolecular Hbond substituents is 1. The van der Waals surface area contributed by atoms with Crippen LogP contribution in [0.3, 0.4) is 0 Å². The maximum Gasteiger partial charge on any atom is 0.124 e. The van der Waals surface area contributed by atoms with Crippen molar-refractivity contribution < 1.29 is 9.84 Å². The molecule has 0 saturated carbocycles. The number of methoxy groups -OCH3 is 1. The number of ether oxygens (including phenoxy) is 1. The van der Waals surface area contributed by atoms with Crippen molar-refractivity contribution in [1.82, 2.24) is 0 Å². The van der Waals surface area contributed by atoms with Crippen LogP contribution in [0.5, 0.6) is 11.5 Å². The van der Waals surface area contributed by atoms with Crippen LogP contribution in [0.25, 0.3) is 10.8 Å². The molecule has 0 unspecified atom stereocenters. The van der Waals surface area contributed by atoms with Crippen LogP contribution in [-0.2, 0) is 0 Å². The summed E-state index contributed by atoms with van der Waals surface area (Å²) in [5, 5.41) is 12.2. The van der Waals surface area contributed by atoms with Gasteiger partial charge in [0.1, 0.15) is 11.5 Å². The second-order valence-electron chi connectivity index (χ2n) is 5.45. The first-order valence-electron chi connectivity index (χ1n) is 7.57. The van der Waals surface area contributed by atoms with E-state index in [0.717, 1.165) is 27.6 Å². The van der Waals surface area contributed by atoms with Gasteiger partial charge in [-0.25, -0.2) is 0 Å². The molecule has 0 aliphatic heterocycles. The van der Waals surface area contributed by atoms with Gasteiger partial charge >= 0.3 is 0 Å². The lowest BCUT2D eigenvalue weighted by molar-refractivity contribution is 0.414. The van der Waals surface area contributed by atoms with Crippen LogP contribution < -0.4 is 4.74 Å². The molecule has 3 nitrogen and oxygen atoms in total. The summed E-state index contributed by atoms with van der Waals surface area (Å²) in [5.74, 6) is 1.08. The summed E-state index contributed by atoms with van der Waals surface area (Å²) in [5.41, 5.74) is 1.85. The molecule has 0 heterocycles. The molecule has 1 atom stereocenters. The molecule has 3 rings (SSSR count). The van der Waals surface area contributed by atoms with Crippen LogP contribution in [0, 0.1) is 0 Å². The van der Waals surface area contributed by atoms with Gasteiger partial charge in [0.15, 0.2) is 0 Å². The van der Waals surface area contributed by atoms with Gasteiger partial charge in [-0.3, -0.25) is 4.99 Å². The Labute approximate surface area is 135 Å². The van der Waals surface area contributed by atoms with Crippen molar-refractivity contribution in [1.29, 1.82) is 0 Å². The first-order valence-corrected chi connectivity index (χ1v) is 7.57. The number of aromatic hydroxyl groups is 1. The lowest BCUT2D eigenvalue weighted by Crippen LogP contribution is -1.93. The SMILES string of the molecule is COc1ccc([C@H](C)N=Cc2c(O)ccc3ccccc23)cc1. The van der Waals surface area contributed by atoms with E-state index in [1.807, 2.05) is 61.5 Å². The number of rotatable bonds is 4. The highest BCUT2D eigenvalue weighted by Gasteiger charge is 2.06. The van der Waals surface area contributed by atoms with Gasteiger partial charge in [0.05, 0.1) is 13.2 Å². The average molecular weight is 305 g/mol. The van der Waals surface area contributed by atoms with Crippen molar-refractivity contribution in [3.8, 4) is 11.5 Å². The lowest BCUT2D eigenvalue weighted by atomic mass is 10.0. The quantitative estimate of drug-likeness (QED) is 0.708. The average Bonchev–Trinajstić information content (AvgIpc) is 2.60. The predicted molar refractivity (Wildman–Crippen MR) is 94.6 cm³/mol. The van der Waals surface area contributed by atoms with Gasteiger partial charge in [-0.2, -0.15) is 0 Å². The fraction of sp³-hybridized carbons (Fsp3) is 0.150. The molecule has 0 bridgehead atoms. The third-order valence-corrected chi connectivity index (χ3v) is 3.97. The largest absolute Gasteiger partial charge is 0.507 e. The minimum Gasteiger partial charge on any atom is -0.507 e. The van der Waals surface area contributed by atoms with E-state index in [0.29, 0.717) is 0 Å². The number of aliphatic imine (C=N–C) groups is 1. The van der Waals surface area contributed by atoms with Gasteiger partial charge in [-0.1, -0.05) is 42.5 Å². The second-order valence-corrected chi connectivity index (χ2v) is 5.45. The van der Waals surface area contributed by atoms with E-state index in [1.54, 1.807) is 19.4 Å². The van der Waals surface area contributed by atoms with E-state index in [9.17, 15) is 5.11 Å². The van der Waals surface area contributed by atoms with Crippen molar-refractivity contribution in [3.05, 3.63) is 71.8 Å². The van der Waals surface area contributed by atoms with Crippen LogP contribution in [0.4, 0.5) is 0 Å². The second kappa shape index (κ2) is 6.53. The molecule has 3 aromatic carbocycles. The Morgan fingerprint density at radius 2 is 1.74 bits per heavy atom. The Bertz CT molecular complexity index is 838. The molecule has 1 N–H and O–H groups in total. The van der Waals surface area contributed by atoms with Gasteiger partial charge in [-0.15, -0.1) is 0 Å². The summed E-state index contributed by atoms with van der Waals surface area (Å²) in [6, 6.07) is 19.5. The van der Waals surface area contributed by atoms with Crippen molar-refractivity contribution >= 4 is 17.0 Å². The zero-order chi connectivity index (χ0) is 16.2. The zero-order valence-electron chi connectivity index (χ0n) is 13.2. The number of hydrogen-bond acceptors (Lipinski definition) is 3. The maximum atomic E-state index is 10.2. The summed E-state index contributed by atoms with van der Waals surface area (Å²) in [6.07, 6.45) is 1.76. The maximum absolute atomic E-state index is 10.2. The highest BCUT2D eigenvalue weighted by atomic mass is 16.5. The molecule has 23 heavy (non-hydrogen) atoms. The number of fused-ring (bicyclic) bond motifs is 1. The highest BCUT2D eigenvalue weighted by Crippen LogP contribution is 2.27. The molecule has 0 saturated heterocycles. The number of nitrogens with zero attached hydrogens (tertiary/aromatic N) is 1. The van der Waals surface area contributed by atoms with Crippen molar-refractivity contribution in [2.45, 2.75) is 13.0 Å². The van der Waals surface area contributed by atoms with E-state index >= 15 is 0 Å². The molecular formula is C20H19NO2. The van der Waals surface area contributed by atoms with Gasteiger partial charge < -0.3 is 9.84 Å². The predicted octanol–water partition coefficient (Wildman–Crippen LogP) is 4.73. The topological polar surface area (TPSA) is 41.8 Å². The first-order chi connectivity index (χ1) is 11.2. The van der Waals surface area contributed by atoms with Crippen LogP contribution in [0.2, 0.25) is 0 Å². The van der Waals surface area contributed by atoms with Gasteiger partial charge in [-0.05, 0) is 41.5 Å². The van der Waals surface area contributed by atoms with Crippen molar-refractivity contribution in [2.75, 3.05) is 7.11 Å². The summed E-state index contributed by atoms with van der Waals surface area (Å²) in [6.45, 7) is 2.03. The summed E-state index contributed by atoms with van der Waals surface area (Å²) in [4.78, 5) is 4.61. The van der Waals surface area contributed by atoms with Gasteiger partial charge in [0.2, 0.25) is 0 Å². The van der Waals surface area contributed by atoms with Crippen LogP contribution >= 0.6 is 0 Å². The van der Waals surface area contributed by atoms with E-state index < -0.39 is 0 Å². The molecule has 0 amide bonds. The molecule has 0 fully saturated rings. The minimum atomic E-state index is -0.000672. The standard InChI is InChI=1S/C20H19NO2/c1-14(15-7-10-17(23-2)11-8-15)21-13-19-18-6-4-3-5-16(18)9-12-20(19)22/h3-14,22H,1-2H3/t14-/m0/s1. The third-order valence-electron chi connectivity index (χ3n) is 3.97. The Morgan fingerprint density at radius 1 is 1.00 bits per heavy atom. The van der Waals surface area contributed by atoms with Gasteiger partial charge in [0.25, 0.3) is 0 Å². The van der Waals surface area contributed by atoms with Crippen molar-refractivity contribution in [3.63, 3.8) is 0 Å². The lowest BCUT2D eigenvalue weighted by Gasteiger charge is -2.09. The highest BCUT2D eigenvalue weighted by molar-refractivity contribution is 6.02. The van der Waals surface area contributed by atoms with Crippen LogP contribution in [0.15, 0.2) is 65.7 Å². The fourth-order valence-corrected chi connectivity index (χ4v) is 2.57. The fourth-order valence-electron chi connectivity index (χ4n) is 2.57. The summed E-state index contributed by atoms with van der Waals surface area (Å²) < 4.78 is 5.17. The number of phenols is 1.